The second kappa shape index (κ2) is 9.69. The van der Waals surface area contributed by atoms with Gasteiger partial charge >= 0.3 is 5.69 Å². The average Bonchev–Trinajstić information content (AvgIpc) is 3.20. The highest BCUT2D eigenvalue weighted by Gasteiger charge is 2.20. The van der Waals surface area contributed by atoms with Crippen molar-refractivity contribution in [1.29, 1.82) is 0 Å². The number of carbonyl (C=O) groups excluding carboxylic acids is 1. The van der Waals surface area contributed by atoms with Crippen LogP contribution in [-0.4, -0.2) is 24.6 Å². The van der Waals surface area contributed by atoms with E-state index in [1.54, 1.807) is 29.1 Å². The minimum absolute atomic E-state index is 0.226. The summed E-state index contributed by atoms with van der Waals surface area (Å²) in [5.74, 6) is -0.237. The number of benzene rings is 2. The predicted octanol–water partition coefficient (Wildman–Crippen LogP) is 3.66. The summed E-state index contributed by atoms with van der Waals surface area (Å²) in [5, 5.41) is 3.23. The number of carbonyl (C=O) groups is 1. The van der Waals surface area contributed by atoms with Crippen molar-refractivity contribution >= 4 is 34.4 Å². The lowest BCUT2D eigenvalue weighted by molar-refractivity contribution is -0.116. The van der Waals surface area contributed by atoms with Crippen LogP contribution in [0.15, 0.2) is 64.4 Å². The maximum Gasteiger partial charge on any atom is 0.333 e. The van der Waals surface area contributed by atoms with E-state index in [0.717, 1.165) is 15.7 Å². The maximum absolute atomic E-state index is 13.4. The predicted molar refractivity (Wildman–Crippen MR) is 133 cm³/mol. The maximum atomic E-state index is 13.4. The van der Waals surface area contributed by atoms with Gasteiger partial charge in [-0.05, 0) is 36.1 Å². The Balaban J connectivity index is 1.80. The molecule has 1 N–H and O–H groups in total. The lowest BCUT2D eigenvalue weighted by atomic mass is 10.2. The first-order valence-electron chi connectivity index (χ1n) is 11.0. The van der Waals surface area contributed by atoms with E-state index in [1.807, 2.05) is 51.1 Å². The fraction of sp³-hybridized carbons (Fsp3) is 0.280. The summed E-state index contributed by atoms with van der Waals surface area (Å²) in [6.07, 6.45) is 1.58. The second-order valence-corrected chi connectivity index (χ2v) is 9.15. The number of anilines is 1. The van der Waals surface area contributed by atoms with E-state index in [4.69, 9.17) is 11.6 Å². The number of halogens is 1. The van der Waals surface area contributed by atoms with Crippen LogP contribution in [0.4, 0.5) is 5.69 Å². The summed E-state index contributed by atoms with van der Waals surface area (Å²) in [5.41, 5.74) is 1.71. The zero-order valence-corrected chi connectivity index (χ0v) is 20.0. The Hall–Kier alpha value is -3.65. The summed E-state index contributed by atoms with van der Waals surface area (Å²) in [4.78, 5) is 44.1. The molecule has 0 atom stereocenters. The molecule has 2 aromatic heterocycles. The van der Waals surface area contributed by atoms with Gasteiger partial charge in [0.05, 0.1) is 12.9 Å². The van der Waals surface area contributed by atoms with E-state index >= 15 is 0 Å². The Morgan fingerprint density at radius 1 is 1.09 bits per heavy atom. The van der Waals surface area contributed by atoms with Gasteiger partial charge in [-0.25, -0.2) is 14.3 Å². The molecule has 2 heterocycles. The molecule has 0 saturated carbocycles. The smallest absolute Gasteiger partial charge is 0.324 e. The molecule has 0 aliphatic carbocycles. The van der Waals surface area contributed by atoms with Gasteiger partial charge in [0, 0.05) is 17.3 Å². The Morgan fingerprint density at radius 3 is 2.53 bits per heavy atom. The number of hydrogen-bond donors (Lipinski definition) is 1. The number of nitrogens with zero attached hydrogens (tertiary/aromatic N) is 4. The van der Waals surface area contributed by atoms with E-state index < -0.39 is 23.7 Å². The van der Waals surface area contributed by atoms with Crippen LogP contribution in [0.25, 0.3) is 11.2 Å². The fourth-order valence-electron chi connectivity index (χ4n) is 3.88. The quantitative estimate of drug-likeness (QED) is 0.438. The highest BCUT2D eigenvalue weighted by Crippen LogP contribution is 2.20. The van der Waals surface area contributed by atoms with E-state index in [-0.39, 0.29) is 12.5 Å². The molecule has 2 aromatic carbocycles. The third-order valence-electron chi connectivity index (χ3n) is 5.50. The molecule has 9 heteroatoms. The van der Waals surface area contributed by atoms with Gasteiger partial charge in [0.1, 0.15) is 6.54 Å². The molecule has 0 saturated heterocycles. The Morgan fingerprint density at radius 2 is 1.82 bits per heavy atom. The van der Waals surface area contributed by atoms with Gasteiger partial charge in [-0.1, -0.05) is 61.8 Å². The molecule has 8 nitrogen and oxygen atoms in total. The third kappa shape index (κ3) is 4.82. The topological polar surface area (TPSA) is 90.9 Å². The van der Waals surface area contributed by atoms with Crippen molar-refractivity contribution in [3.63, 3.8) is 0 Å². The Bertz CT molecular complexity index is 1470. The average molecular weight is 480 g/mol. The molecule has 0 fully saturated rings. The van der Waals surface area contributed by atoms with Crippen molar-refractivity contribution in [3.05, 3.63) is 91.8 Å². The van der Waals surface area contributed by atoms with Crippen LogP contribution in [0, 0.1) is 12.8 Å². The molecule has 1 amide bonds. The molecular weight excluding hydrogens is 454 g/mol. The van der Waals surface area contributed by atoms with Crippen LogP contribution in [-0.2, 0) is 24.4 Å². The van der Waals surface area contributed by atoms with Gasteiger partial charge in [-0.2, -0.15) is 0 Å². The molecule has 0 bridgehead atoms. The van der Waals surface area contributed by atoms with Crippen molar-refractivity contribution in [2.75, 3.05) is 5.32 Å². The minimum Gasteiger partial charge on any atom is -0.324 e. The molecular formula is C25H26ClN5O3. The second-order valence-electron chi connectivity index (χ2n) is 8.72. The van der Waals surface area contributed by atoms with Crippen LogP contribution < -0.4 is 16.6 Å². The number of aromatic nitrogens is 4. The van der Waals surface area contributed by atoms with E-state index in [1.165, 1.54) is 4.57 Å². The molecule has 0 aliphatic rings. The number of imidazole rings is 1. The summed E-state index contributed by atoms with van der Waals surface area (Å²) >= 11 is 6.05. The first-order chi connectivity index (χ1) is 16.2. The van der Waals surface area contributed by atoms with E-state index in [2.05, 4.69) is 10.3 Å². The van der Waals surface area contributed by atoms with Gasteiger partial charge in [-0.3, -0.25) is 14.2 Å². The molecule has 176 valence electrons. The molecule has 34 heavy (non-hydrogen) atoms. The zero-order chi connectivity index (χ0) is 24.4. The number of nitrogens with one attached hydrogen (secondary N) is 1. The lowest BCUT2D eigenvalue weighted by Gasteiger charge is -2.14. The van der Waals surface area contributed by atoms with Crippen molar-refractivity contribution in [2.24, 2.45) is 5.92 Å². The number of fused-ring (bicyclic) bond motifs is 1. The van der Waals surface area contributed by atoms with Crippen molar-refractivity contribution < 1.29 is 4.79 Å². The summed E-state index contributed by atoms with van der Waals surface area (Å²) in [6.45, 7) is 6.26. The fourth-order valence-corrected chi connectivity index (χ4v) is 4.05. The van der Waals surface area contributed by atoms with E-state index in [9.17, 15) is 14.4 Å². The normalized spacial score (nSPS) is 11.3. The standard InChI is InChI=1S/C25H26ClN5O3/c1-16(2)12-29-15-27-23-22(29)24(33)31(25(34)30(23)13-18-7-5-4-6-8-18)14-21(32)28-20-11-19(26)10-9-17(20)3/h4-11,15-16H,12-14H2,1-3H3,(H,28,32). The van der Waals surface area contributed by atoms with Gasteiger partial charge < -0.3 is 9.88 Å². The van der Waals surface area contributed by atoms with Crippen molar-refractivity contribution in [3.8, 4) is 0 Å². The third-order valence-corrected chi connectivity index (χ3v) is 5.74. The van der Waals surface area contributed by atoms with Crippen LogP contribution in [0.2, 0.25) is 5.02 Å². The molecule has 4 aromatic rings. The molecule has 0 spiro atoms. The van der Waals surface area contributed by atoms with Gasteiger partial charge in [0.25, 0.3) is 5.56 Å². The molecule has 0 radical (unpaired) electrons. The van der Waals surface area contributed by atoms with E-state index in [0.29, 0.717) is 28.4 Å². The number of hydrogen-bond acceptors (Lipinski definition) is 4. The monoisotopic (exact) mass is 479 g/mol. The molecule has 0 aliphatic heterocycles. The highest BCUT2D eigenvalue weighted by atomic mass is 35.5. The summed E-state index contributed by atoms with van der Waals surface area (Å²) < 4.78 is 4.17. The first kappa shape index (κ1) is 23.5. The van der Waals surface area contributed by atoms with Crippen LogP contribution in [0.3, 0.4) is 0 Å². The SMILES string of the molecule is Cc1ccc(Cl)cc1NC(=O)Cn1c(=O)c2c(ncn2CC(C)C)n(Cc2ccccc2)c1=O. The van der Waals surface area contributed by atoms with Crippen molar-refractivity contribution in [1.82, 2.24) is 18.7 Å². The lowest BCUT2D eigenvalue weighted by Crippen LogP contribution is -2.43. The Kier molecular flexibility index (Phi) is 6.70. The first-order valence-corrected chi connectivity index (χ1v) is 11.4. The number of rotatable bonds is 7. The number of amides is 1. The summed E-state index contributed by atoms with van der Waals surface area (Å²) in [7, 11) is 0. The van der Waals surface area contributed by atoms with Gasteiger partial charge in [0.2, 0.25) is 5.91 Å². The van der Waals surface area contributed by atoms with Gasteiger partial charge in [0.15, 0.2) is 11.2 Å². The number of aryl methyl sites for hydroxylation is 1. The van der Waals surface area contributed by atoms with Gasteiger partial charge in [-0.15, -0.1) is 0 Å². The van der Waals surface area contributed by atoms with Crippen LogP contribution >= 0.6 is 11.6 Å². The minimum atomic E-state index is -0.589. The zero-order valence-electron chi connectivity index (χ0n) is 19.3. The molecule has 4 rings (SSSR count). The van der Waals surface area contributed by atoms with Crippen LogP contribution in [0.1, 0.15) is 25.0 Å². The van der Waals surface area contributed by atoms with Crippen LogP contribution in [0.5, 0.6) is 0 Å². The highest BCUT2D eigenvalue weighted by molar-refractivity contribution is 6.31. The summed E-state index contributed by atoms with van der Waals surface area (Å²) in [6, 6.07) is 14.6. The molecule has 0 unspecified atom stereocenters. The largest absolute Gasteiger partial charge is 0.333 e. The Labute approximate surface area is 201 Å². The van der Waals surface area contributed by atoms with Crippen molar-refractivity contribution in [2.45, 2.75) is 40.4 Å².